The van der Waals surface area contributed by atoms with E-state index in [2.05, 4.69) is 23.7 Å². The summed E-state index contributed by atoms with van der Waals surface area (Å²) in [7, 11) is 3.21. The molecule has 0 fully saturated rings. The first-order chi connectivity index (χ1) is 10.8. The van der Waals surface area contributed by atoms with Crippen LogP contribution in [0.4, 0.5) is 0 Å². The Morgan fingerprint density at radius 3 is 2.68 bits per heavy atom. The van der Waals surface area contributed by atoms with E-state index in [-0.39, 0.29) is 0 Å². The van der Waals surface area contributed by atoms with Crippen molar-refractivity contribution in [2.24, 2.45) is 0 Å². The lowest BCUT2D eigenvalue weighted by atomic mass is 10.1. The number of hydrogen-bond acceptors (Lipinski definition) is 4. The summed E-state index contributed by atoms with van der Waals surface area (Å²) < 4.78 is 16.3. The van der Waals surface area contributed by atoms with Crippen LogP contribution >= 0.6 is 0 Å². The van der Waals surface area contributed by atoms with Crippen molar-refractivity contribution in [2.45, 2.75) is 19.8 Å². The van der Waals surface area contributed by atoms with E-state index in [0.29, 0.717) is 23.8 Å². The summed E-state index contributed by atoms with van der Waals surface area (Å²) in [4.78, 5) is 4.49. The Morgan fingerprint density at radius 1 is 1.14 bits per heavy atom. The highest BCUT2D eigenvalue weighted by molar-refractivity contribution is 5.88. The summed E-state index contributed by atoms with van der Waals surface area (Å²) in [5.74, 6) is 7.22. The zero-order valence-electron chi connectivity index (χ0n) is 13.3. The van der Waals surface area contributed by atoms with Crippen molar-refractivity contribution in [3.8, 4) is 23.5 Å². The highest BCUT2D eigenvalue weighted by Crippen LogP contribution is 2.33. The molecule has 0 saturated heterocycles. The van der Waals surface area contributed by atoms with Gasteiger partial charge >= 0.3 is 0 Å². The Balaban J connectivity index is 2.33. The van der Waals surface area contributed by atoms with Gasteiger partial charge in [0, 0.05) is 12.0 Å². The molecule has 0 unspecified atom stereocenters. The molecule has 0 aliphatic heterocycles. The number of nitrogens with zero attached hydrogens (tertiary/aromatic N) is 1. The molecule has 0 spiro atoms. The fourth-order valence-corrected chi connectivity index (χ4v) is 2.12. The average molecular weight is 299 g/mol. The summed E-state index contributed by atoms with van der Waals surface area (Å²) in [5, 5.41) is 0.919. The predicted octanol–water partition coefficient (Wildman–Crippen LogP) is 3.42. The Labute approximate surface area is 131 Å². The van der Waals surface area contributed by atoms with Gasteiger partial charge in [0.25, 0.3) is 0 Å². The molecule has 0 atom stereocenters. The molecule has 4 nitrogen and oxygen atoms in total. The molecule has 1 aromatic carbocycles. The van der Waals surface area contributed by atoms with Crippen LogP contribution in [0.25, 0.3) is 10.9 Å². The number of ether oxygens (including phenoxy) is 3. The van der Waals surface area contributed by atoms with Crippen molar-refractivity contribution in [1.29, 1.82) is 0 Å². The third-order valence-corrected chi connectivity index (χ3v) is 3.24. The quantitative estimate of drug-likeness (QED) is 0.605. The molecule has 4 heteroatoms. The van der Waals surface area contributed by atoms with Gasteiger partial charge in [-0.25, -0.2) is 4.98 Å². The SMILES string of the molecule is CCCCOCC#Cc1c(OC)nc2ccccc2c1OC. The molecule has 0 saturated carbocycles. The summed E-state index contributed by atoms with van der Waals surface area (Å²) >= 11 is 0. The van der Waals surface area contributed by atoms with Gasteiger partial charge in [0.2, 0.25) is 5.88 Å². The molecule has 2 aromatic rings. The van der Waals surface area contributed by atoms with E-state index in [4.69, 9.17) is 14.2 Å². The lowest BCUT2D eigenvalue weighted by Crippen LogP contribution is -1.99. The highest BCUT2D eigenvalue weighted by atomic mass is 16.5. The molecule has 116 valence electrons. The van der Waals surface area contributed by atoms with Gasteiger partial charge in [-0.15, -0.1) is 0 Å². The number of fused-ring (bicyclic) bond motifs is 1. The van der Waals surface area contributed by atoms with Crippen LogP contribution in [-0.2, 0) is 4.74 Å². The second-order valence-corrected chi connectivity index (χ2v) is 4.75. The Hall–Kier alpha value is -2.25. The molecule has 0 aliphatic rings. The van der Waals surface area contributed by atoms with Gasteiger partial charge in [-0.2, -0.15) is 0 Å². The number of benzene rings is 1. The van der Waals surface area contributed by atoms with Gasteiger partial charge in [-0.1, -0.05) is 37.3 Å². The van der Waals surface area contributed by atoms with Crippen molar-refractivity contribution in [2.75, 3.05) is 27.4 Å². The molecule has 1 heterocycles. The molecular formula is C18H21NO3. The minimum absolute atomic E-state index is 0.388. The smallest absolute Gasteiger partial charge is 0.233 e. The Morgan fingerprint density at radius 2 is 1.95 bits per heavy atom. The fourth-order valence-electron chi connectivity index (χ4n) is 2.12. The first-order valence-corrected chi connectivity index (χ1v) is 7.39. The lowest BCUT2D eigenvalue weighted by molar-refractivity contribution is 0.163. The van der Waals surface area contributed by atoms with Gasteiger partial charge in [-0.3, -0.25) is 0 Å². The van der Waals surface area contributed by atoms with Gasteiger partial charge < -0.3 is 14.2 Å². The third kappa shape index (κ3) is 3.69. The molecule has 1 aromatic heterocycles. The van der Waals surface area contributed by atoms with E-state index >= 15 is 0 Å². The van der Waals surface area contributed by atoms with Gasteiger partial charge in [-0.05, 0) is 18.6 Å². The van der Waals surface area contributed by atoms with Gasteiger partial charge in [0.05, 0.1) is 19.7 Å². The van der Waals surface area contributed by atoms with Crippen molar-refractivity contribution in [1.82, 2.24) is 4.98 Å². The minimum Gasteiger partial charge on any atom is -0.495 e. The first kappa shape index (κ1) is 16.1. The van der Waals surface area contributed by atoms with Crippen molar-refractivity contribution < 1.29 is 14.2 Å². The van der Waals surface area contributed by atoms with Gasteiger partial charge in [0.15, 0.2) is 0 Å². The standard InChI is InChI=1S/C18H21NO3/c1-4-5-12-22-13-8-10-15-17(20-2)14-9-6-7-11-16(14)19-18(15)21-3/h6-7,9,11H,4-5,12-13H2,1-3H3. The molecule has 0 aliphatic carbocycles. The van der Waals surface area contributed by atoms with Crippen molar-refractivity contribution in [3.63, 3.8) is 0 Å². The number of hydrogen-bond donors (Lipinski definition) is 0. The minimum atomic E-state index is 0.388. The maximum absolute atomic E-state index is 5.53. The van der Waals surface area contributed by atoms with Crippen LogP contribution in [0, 0.1) is 11.8 Å². The maximum Gasteiger partial charge on any atom is 0.233 e. The van der Waals surface area contributed by atoms with Crippen molar-refractivity contribution >= 4 is 10.9 Å². The third-order valence-electron chi connectivity index (χ3n) is 3.24. The monoisotopic (exact) mass is 299 g/mol. The van der Waals surface area contributed by atoms with Gasteiger partial charge in [0.1, 0.15) is 17.9 Å². The summed E-state index contributed by atoms with van der Waals surface area (Å²) in [6, 6.07) is 7.76. The molecule has 2 rings (SSSR count). The second kappa shape index (κ2) is 8.26. The van der Waals surface area contributed by atoms with E-state index in [9.17, 15) is 0 Å². The van der Waals surface area contributed by atoms with Crippen LogP contribution in [0.15, 0.2) is 24.3 Å². The largest absolute Gasteiger partial charge is 0.495 e. The Bertz CT molecular complexity index is 686. The zero-order valence-corrected chi connectivity index (χ0v) is 13.3. The number of methoxy groups -OCH3 is 2. The fraction of sp³-hybridized carbons (Fsp3) is 0.389. The van der Waals surface area contributed by atoms with Crippen LogP contribution < -0.4 is 9.47 Å². The second-order valence-electron chi connectivity index (χ2n) is 4.75. The number of pyridine rings is 1. The van der Waals surface area contributed by atoms with E-state index in [1.807, 2.05) is 24.3 Å². The summed E-state index contributed by atoms with van der Waals surface area (Å²) in [5.41, 5.74) is 1.48. The average Bonchev–Trinajstić information content (AvgIpc) is 2.56. The molecular weight excluding hydrogens is 278 g/mol. The number of para-hydroxylation sites is 1. The molecule has 0 bridgehead atoms. The van der Waals surface area contributed by atoms with Crippen molar-refractivity contribution in [3.05, 3.63) is 29.8 Å². The van der Waals surface area contributed by atoms with Crippen LogP contribution in [0.1, 0.15) is 25.3 Å². The highest BCUT2D eigenvalue weighted by Gasteiger charge is 2.14. The summed E-state index contributed by atoms with van der Waals surface area (Å²) in [6.45, 7) is 3.25. The van der Waals surface area contributed by atoms with E-state index < -0.39 is 0 Å². The molecule has 0 radical (unpaired) electrons. The predicted molar refractivity (Wildman–Crippen MR) is 87.5 cm³/mol. The van der Waals surface area contributed by atoms with Crippen LogP contribution in [0.3, 0.4) is 0 Å². The number of aromatic nitrogens is 1. The van der Waals surface area contributed by atoms with Crippen LogP contribution in [-0.4, -0.2) is 32.4 Å². The van der Waals surface area contributed by atoms with E-state index in [0.717, 1.165) is 30.4 Å². The lowest BCUT2D eigenvalue weighted by Gasteiger charge is -2.11. The van der Waals surface area contributed by atoms with E-state index in [1.54, 1.807) is 14.2 Å². The van der Waals surface area contributed by atoms with E-state index in [1.165, 1.54) is 0 Å². The van der Waals surface area contributed by atoms with Crippen LogP contribution in [0.5, 0.6) is 11.6 Å². The van der Waals surface area contributed by atoms with Crippen LogP contribution in [0.2, 0.25) is 0 Å². The summed E-state index contributed by atoms with van der Waals surface area (Å²) in [6.07, 6.45) is 2.16. The Kier molecular flexibility index (Phi) is 6.05. The maximum atomic E-state index is 5.53. The normalized spacial score (nSPS) is 10.1. The first-order valence-electron chi connectivity index (χ1n) is 7.39. The molecule has 22 heavy (non-hydrogen) atoms. The topological polar surface area (TPSA) is 40.6 Å². The molecule has 0 N–H and O–H groups in total. The zero-order chi connectivity index (χ0) is 15.8. The number of unbranched alkanes of at least 4 members (excludes halogenated alkanes) is 1. The molecule has 0 amide bonds. The number of rotatable bonds is 6.